The van der Waals surface area contributed by atoms with Gasteiger partial charge >= 0.3 is 0 Å². The number of nitrogens with zero attached hydrogens (tertiary/aromatic N) is 5. The van der Waals surface area contributed by atoms with Crippen LogP contribution >= 0.6 is 0 Å². The number of anilines is 1. The van der Waals surface area contributed by atoms with Gasteiger partial charge in [-0.25, -0.2) is 5.01 Å². The Hall–Kier alpha value is -2.80. The number of likely N-dealkylation sites (N-methyl/N-ethyl adjacent to an activating group) is 1. The smallest absolute Gasteiger partial charge is 0.224 e. The third-order valence-corrected chi connectivity index (χ3v) is 6.82. The third-order valence-electron chi connectivity index (χ3n) is 6.82. The second-order valence-corrected chi connectivity index (χ2v) is 9.02. The van der Waals surface area contributed by atoms with Crippen molar-refractivity contribution in [3.63, 3.8) is 0 Å². The number of hydrogen-bond acceptors (Lipinski definition) is 5. The number of rotatable bonds is 5. The van der Waals surface area contributed by atoms with E-state index in [1.54, 1.807) is 6.92 Å². The SMILES string of the molecule is CC(=O)N1c2ccc(-c3cnn(C4CC4)c3)c(OCC3C=CN(C)N3C)c2CC[C@@H]1C. The number of carbonyl (C=O) groups is 1. The molecule has 0 radical (unpaired) electrons. The van der Waals surface area contributed by atoms with Crippen LogP contribution < -0.4 is 9.64 Å². The Balaban J connectivity index is 1.54. The lowest BCUT2D eigenvalue weighted by molar-refractivity contribution is -0.117. The second-order valence-electron chi connectivity index (χ2n) is 9.02. The van der Waals surface area contributed by atoms with Crippen molar-refractivity contribution in [2.24, 2.45) is 0 Å². The number of benzene rings is 1. The van der Waals surface area contributed by atoms with E-state index in [1.165, 1.54) is 12.8 Å². The molecule has 0 spiro atoms. The van der Waals surface area contributed by atoms with E-state index in [4.69, 9.17) is 4.74 Å². The van der Waals surface area contributed by atoms with Gasteiger partial charge in [-0.05, 0) is 50.8 Å². The Labute approximate surface area is 183 Å². The lowest BCUT2D eigenvalue weighted by Crippen LogP contribution is -2.41. The zero-order valence-electron chi connectivity index (χ0n) is 18.8. The first-order chi connectivity index (χ1) is 14.9. The highest BCUT2D eigenvalue weighted by atomic mass is 16.5. The topological polar surface area (TPSA) is 53.8 Å². The molecule has 1 aromatic heterocycles. The standard InChI is InChI=1S/C24H31N5O2/c1-16-5-8-22-23(29(16)17(2)30)10-9-21(18-13-25-28(14-18)19-6-7-19)24(22)31-15-20-11-12-26(3)27(20)4/h9-14,16,19-20H,5-8,15H2,1-4H3/t16-,20?/m0/s1. The Morgan fingerprint density at radius 3 is 2.71 bits per heavy atom. The highest BCUT2D eigenvalue weighted by Gasteiger charge is 2.31. The van der Waals surface area contributed by atoms with Crippen molar-refractivity contribution in [2.45, 2.75) is 57.7 Å². The highest BCUT2D eigenvalue weighted by molar-refractivity contribution is 5.95. The zero-order chi connectivity index (χ0) is 21.7. The largest absolute Gasteiger partial charge is 0.491 e. The van der Waals surface area contributed by atoms with Crippen molar-refractivity contribution in [3.05, 3.63) is 42.4 Å². The molecule has 3 heterocycles. The van der Waals surface area contributed by atoms with E-state index >= 15 is 0 Å². The van der Waals surface area contributed by atoms with E-state index in [9.17, 15) is 4.79 Å². The molecule has 1 saturated carbocycles. The molecule has 7 nitrogen and oxygen atoms in total. The number of fused-ring (bicyclic) bond motifs is 1. The molecule has 1 unspecified atom stereocenters. The fraction of sp³-hybridized carbons (Fsp3) is 0.500. The van der Waals surface area contributed by atoms with Gasteiger partial charge in [0.2, 0.25) is 5.91 Å². The van der Waals surface area contributed by atoms with Crippen molar-refractivity contribution in [1.82, 2.24) is 19.8 Å². The predicted molar refractivity (Wildman–Crippen MR) is 121 cm³/mol. The minimum atomic E-state index is 0.0776. The van der Waals surface area contributed by atoms with Gasteiger partial charge in [0.05, 0.1) is 24.0 Å². The summed E-state index contributed by atoms with van der Waals surface area (Å²) < 4.78 is 8.62. The number of ether oxygens (including phenoxy) is 1. The maximum atomic E-state index is 12.4. The maximum absolute atomic E-state index is 12.4. The van der Waals surface area contributed by atoms with Gasteiger partial charge in [0.15, 0.2) is 0 Å². The Bertz CT molecular complexity index is 1020. The van der Waals surface area contributed by atoms with E-state index in [-0.39, 0.29) is 18.0 Å². The average molecular weight is 422 g/mol. The van der Waals surface area contributed by atoms with Crippen LogP contribution in [0.1, 0.15) is 44.7 Å². The quantitative estimate of drug-likeness (QED) is 0.738. The molecule has 1 fully saturated rings. The molecule has 3 aliphatic rings. The lowest BCUT2D eigenvalue weighted by atomic mass is 9.92. The summed E-state index contributed by atoms with van der Waals surface area (Å²) in [6, 6.07) is 5.08. The van der Waals surface area contributed by atoms with Crippen molar-refractivity contribution in [3.8, 4) is 16.9 Å². The lowest BCUT2D eigenvalue weighted by Gasteiger charge is -2.36. The van der Waals surface area contributed by atoms with Crippen LogP contribution in [0.5, 0.6) is 5.75 Å². The first-order valence-electron chi connectivity index (χ1n) is 11.2. The van der Waals surface area contributed by atoms with E-state index in [1.807, 2.05) is 18.1 Å². The van der Waals surface area contributed by atoms with Crippen molar-refractivity contribution in [1.29, 1.82) is 0 Å². The van der Waals surface area contributed by atoms with Gasteiger partial charge in [-0.1, -0.05) is 0 Å². The fourth-order valence-electron chi connectivity index (χ4n) is 4.71. The first-order valence-corrected chi connectivity index (χ1v) is 11.2. The number of aromatic nitrogens is 2. The Kier molecular flexibility index (Phi) is 5.01. The fourth-order valence-corrected chi connectivity index (χ4v) is 4.71. The third kappa shape index (κ3) is 3.61. The summed E-state index contributed by atoms with van der Waals surface area (Å²) in [5.74, 6) is 0.969. The molecule has 2 aromatic rings. The van der Waals surface area contributed by atoms with E-state index in [0.717, 1.165) is 41.0 Å². The summed E-state index contributed by atoms with van der Waals surface area (Å²) >= 11 is 0. The minimum absolute atomic E-state index is 0.0776. The molecule has 1 aromatic carbocycles. The van der Waals surface area contributed by atoms with Gasteiger partial charge in [-0.2, -0.15) is 5.10 Å². The average Bonchev–Trinajstić information content (AvgIpc) is 3.40. The molecule has 0 bridgehead atoms. The van der Waals surface area contributed by atoms with E-state index < -0.39 is 0 Å². The molecule has 2 atom stereocenters. The molecular formula is C24H31N5O2. The van der Waals surface area contributed by atoms with Crippen molar-refractivity contribution < 1.29 is 9.53 Å². The predicted octanol–water partition coefficient (Wildman–Crippen LogP) is 3.63. The van der Waals surface area contributed by atoms with Gasteiger partial charge in [-0.15, -0.1) is 0 Å². The van der Waals surface area contributed by atoms with Crippen LogP contribution in [0.4, 0.5) is 5.69 Å². The molecule has 7 heteroatoms. The molecule has 5 rings (SSSR count). The van der Waals surface area contributed by atoms with Gasteiger partial charge in [0.25, 0.3) is 0 Å². The molecule has 2 aliphatic heterocycles. The first kappa shape index (κ1) is 20.1. The summed E-state index contributed by atoms with van der Waals surface area (Å²) in [4.78, 5) is 14.3. The number of carbonyl (C=O) groups excluding carboxylic acids is 1. The van der Waals surface area contributed by atoms with Gasteiger partial charge in [0, 0.05) is 56.1 Å². The summed E-state index contributed by atoms with van der Waals surface area (Å²) in [6.45, 7) is 4.31. The molecule has 0 N–H and O–H groups in total. The summed E-state index contributed by atoms with van der Waals surface area (Å²) in [7, 11) is 4.10. The zero-order valence-corrected chi connectivity index (χ0v) is 18.8. The van der Waals surface area contributed by atoms with Crippen LogP contribution in [0.15, 0.2) is 36.8 Å². The number of hydrogen-bond donors (Lipinski definition) is 0. The molecule has 1 aliphatic carbocycles. The Morgan fingerprint density at radius 1 is 1.23 bits per heavy atom. The molecule has 31 heavy (non-hydrogen) atoms. The van der Waals surface area contributed by atoms with Gasteiger partial charge in [0.1, 0.15) is 12.4 Å². The van der Waals surface area contributed by atoms with Gasteiger partial charge < -0.3 is 14.6 Å². The van der Waals surface area contributed by atoms with Crippen LogP contribution in [0, 0.1) is 0 Å². The number of hydrazine groups is 1. The van der Waals surface area contributed by atoms with Crippen LogP contribution in [0.25, 0.3) is 11.1 Å². The van der Waals surface area contributed by atoms with Crippen LogP contribution in [-0.4, -0.2) is 58.5 Å². The van der Waals surface area contributed by atoms with Crippen LogP contribution in [-0.2, 0) is 11.2 Å². The summed E-state index contributed by atoms with van der Waals surface area (Å²) in [6.07, 6.45) is 12.5. The van der Waals surface area contributed by atoms with Crippen molar-refractivity contribution >= 4 is 11.6 Å². The normalized spacial score (nSPS) is 23.4. The van der Waals surface area contributed by atoms with Crippen LogP contribution in [0.2, 0.25) is 0 Å². The summed E-state index contributed by atoms with van der Waals surface area (Å²) in [5, 5.41) is 8.81. The maximum Gasteiger partial charge on any atom is 0.224 e. The van der Waals surface area contributed by atoms with Crippen molar-refractivity contribution in [2.75, 3.05) is 25.6 Å². The molecule has 164 valence electrons. The van der Waals surface area contributed by atoms with E-state index in [0.29, 0.717) is 12.6 Å². The summed E-state index contributed by atoms with van der Waals surface area (Å²) in [5.41, 5.74) is 4.24. The van der Waals surface area contributed by atoms with E-state index in [2.05, 4.69) is 64.4 Å². The van der Waals surface area contributed by atoms with Crippen LogP contribution in [0.3, 0.4) is 0 Å². The van der Waals surface area contributed by atoms with Gasteiger partial charge in [-0.3, -0.25) is 9.48 Å². The monoisotopic (exact) mass is 421 g/mol. The Morgan fingerprint density at radius 2 is 2.03 bits per heavy atom. The number of amides is 1. The molecule has 1 amide bonds. The second kappa shape index (κ2) is 7.71. The minimum Gasteiger partial charge on any atom is -0.491 e. The molecule has 0 saturated heterocycles. The highest BCUT2D eigenvalue weighted by Crippen LogP contribution is 2.44. The molecular weight excluding hydrogens is 390 g/mol.